The minimum absolute atomic E-state index is 0.00419. The molecule has 0 saturated heterocycles. The summed E-state index contributed by atoms with van der Waals surface area (Å²) in [6, 6.07) is 8.31. The highest BCUT2D eigenvalue weighted by molar-refractivity contribution is 5.75. The van der Waals surface area contributed by atoms with Crippen molar-refractivity contribution in [3.05, 3.63) is 35.4 Å². The van der Waals surface area contributed by atoms with E-state index in [1.165, 1.54) is 11.1 Å². The van der Waals surface area contributed by atoms with Gasteiger partial charge in [0.15, 0.2) is 0 Å². The number of aliphatic hydroxyl groups is 1. The lowest BCUT2D eigenvalue weighted by atomic mass is 10.0. The number of carbonyl (C=O) groups excluding carboxylic acids is 1. The van der Waals surface area contributed by atoms with Crippen LogP contribution in [0.4, 0.5) is 4.79 Å². The molecule has 0 spiro atoms. The van der Waals surface area contributed by atoms with E-state index in [9.17, 15) is 4.79 Å². The lowest BCUT2D eigenvalue weighted by Crippen LogP contribution is -2.44. The predicted molar refractivity (Wildman–Crippen MR) is 79.5 cm³/mol. The van der Waals surface area contributed by atoms with Crippen LogP contribution in [-0.4, -0.2) is 35.7 Å². The number of benzene rings is 1. The zero-order valence-corrected chi connectivity index (χ0v) is 12.3. The lowest BCUT2D eigenvalue weighted by molar-refractivity contribution is 0.171. The molecule has 20 heavy (non-hydrogen) atoms. The highest BCUT2D eigenvalue weighted by Crippen LogP contribution is 2.35. The minimum atomic E-state index is -0.0746. The number of amides is 2. The van der Waals surface area contributed by atoms with Crippen molar-refractivity contribution in [3.63, 3.8) is 0 Å². The molecule has 1 aliphatic rings. The molecule has 0 aromatic heterocycles. The average Bonchev–Trinajstić information content (AvgIpc) is 2.75. The third-order valence-electron chi connectivity index (χ3n) is 3.93. The smallest absolute Gasteiger partial charge is 0.317 e. The molecule has 4 heteroatoms. The van der Waals surface area contributed by atoms with E-state index in [-0.39, 0.29) is 18.7 Å². The molecule has 1 aromatic carbocycles. The molecule has 0 bridgehead atoms. The second kappa shape index (κ2) is 6.75. The predicted octanol–water partition coefficient (Wildman–Crippen LogP) is 2.33. The summed E-state index contributed by atoms with van der Waals surface area (Å²) in [5.41, 5.74) is 2.56. The van der Waals surface area contributed by atoms with Crippen molar-refractivity contribution in [2.75, 3.05) is 19.7 Å². The molecule has 0 fully saturated rings. The third-order valence-corrected chi connectivity index (χ3v) is 3.93. The Morgan fingerprint density at radius 3 is 2.85 bits per heavy atom. The standard InChI is InChI=1S/C16H24N2O2/c1-3-8-18(9-10-19)16(20)17-15-12(2)11-13-6-4-5-7-14(13)15/h4-7,12,15,19H,3,8-11H2,1-2H3,(H,17,20). The molecule has 2 atom stereocenters. The quantitative estimate of drug-likeness (QED) is 0.867. The fourth-order valence-corrected chi connectivity index (χ4v) is 2.94. The maximum Gasteiger partial charge on any atom is 0.317 e. The Kier molecular flexibility index (Phi) is 5.01. The zero-order chi connectivity index (χ0) is 14.5. The summed E-state index contributed by atoms with van der Waals surface area (Å²) in [4.78, 5) is 14.0. The van der Waals surface area contributed by atoms with Crippen molar-refractivity contribution in [2.24, 2.45) is 5.92 Å². The van der Waals surface area contributed by atoms with Crippen molar-refractivity contribution < 1.29 is 9.90 Å². The molecule has 2 rings (SSSR count). The molecule has 0 aliphatic heterocycles. The van der Waals surface area contributed by atoms with E-state index in [0.717, 1.165) is 12.8 Å². The molecule has 2 unspecified atom stereocenters. The Bertz CT molecular complexity index is 456. The molecule has 1 aromatic rings. The first-order valence-electron chi connectivity index (χ1n) is 7.41. The molecule has 2 amide bonds. The Morgan fingerprint density at radius 1 is 1.40 bits per heavy atom. The van der Waals surface area contributed by atoms with Crippen LogP contribution in [0.5, 0.6) is 0 Å². The molecular weight excluding hydrogens is 252 g/mol. The van der Waals surface area contributed by atoms with E-state index in [4.69, 9.17) is 5.11 Å². The van der Waals surface area contributed by atoms with E-state index >= 15 is 0 Å². The van der Waals surface area contributed by atoms with Gasteiger partial charge >= 0.3 is 6.03 Å². The first-order chi connectivity index (χ1) is 9.67. The number of aliphatic hydroxyl groups excluding tert-OH is 1. The number of nitrogens with zero attached hydrogens (tertiary/aromatic N) is 1. The van der Waals surface area contributed by atoms with Crippen LogP contribution in [0.1, 0.15) is 37.4 Å². The van der Waals surface area contributed by atoms with Crippen LogP contribution >= 0.6 is 0 Å². The molecule has 0 radical (unpaired) electrons. The fourth-order valence-electron chi connectivity index (χ4n) is 2.94. The highest BCUT2D eigenvalue weighted by atomic mass is 16.3. The fraction of sp³-hybridized carbons (Fsp3) is 0.562. The SMILES string of the molecule is CCCN(CCO)C(=O)NC1c2ccccc2CC1C. The highest BCUT2D eigenvalue weighted by Gasteiger charge is 2.31. The number of rotatable bonds is 5. The van der Waals surface area contributed by atoms with Gasteiger partial charge in [0.25, 0.3) is 0 Å². The topological polar surface area (TPSA) is 52.6 Å². The van der Waals surface area contributed by atoms with Crippen molar-refractivity contribution in [1.82, 2.24) is 10.2 Å². The number of nitrogens with one attached hydrogen (secondary N) is 1. The Labute approximate surface area is 120 Å². The van der Waals surface area contributed by atoms with Gasteiger partial charge in [-0.15, -0.1) is 0 Å². The van der Waals surface area contributed by atoms with Crippen molar-refractivity contribution >= 4 is 6.03 Å². The Hall–Kier alpha value is -1.55. The van der Waals surface area contributed by atoms with Gasteiger partial charge in [-0.1, -0.05) is 38.1 Å². The summed E-state index contributed by atoms with van der Waals surface area (Å²) in [6.07, 6.45) is 1.90. The van der Waals surface area contributed by atoms with Crippen LogP contribution < -0.4 is 5.32 Å². The lowest BCUT2D eigenvalue weighted by Gasteiger charge is -2.26. The Morgan fingerprint density at radius 2 is 2.15 bits per heavy atom. The minimum Gasteiger partial charge on any atom is -0.395 e. The molecule has 110 valence electrons. The number of urea groups is 1. The molecule has 4 nitrogen and oxygen atoms in total. The zero-order valence-electron chi connectivity index (χ0n) is 12.3. The number of hydrogen-bond acceptors (Lipinski definition) is 2. The summed E-state index contributed by atoms with van der Waals surface area (Å²) in [5, 5.41) is 12.2. The van der Waals surface area contributed by atoms with Crippen molar-refractivity contribution in [2.45, 2.75) is 32.7 Å². The molecule has 2 N–H and O–H groups in total. The van der Waals surface area contributed by atoms with Crippen LogP contribution in [-0.2, 0) is 6.42 Å². The van der Waals surface area contributed by atoms with E-state index < -0.39 is 0 Å². The van der Waals surface area contributed by atoms with Gasteiger partial charge in [-0.25, -0.2) is 4.79 Å². The van der Waals surface area contributed by atoms with Gasteiger partial charge < -0.3 is 15.3 Å². The van der Waals surface area contributed by atoms with Crippen LogP contribution in [0.15, 0.2) is 24.3 Å². The van der Waals surface area contributed by atoms with Crippen LogP contribution in [0, 0.1) is 5.92 Å². The molecule has 0 saturated carbocycles. The second-order valence-corrected chi connectivity index (χ2v) is 5.52. The van der Waals surface area contributed by atoms with Gasteiger partial charge in [-0.3, -0.25) is 0 Å². The van der Waals surface area contributed by atoms with Gasteiger partial charge in [0.05, 0.1) is 12.6 Å². The molecule has 0 heterocycles. The maximum atomic E-state index is 12.3. The summed E-state index contributed by atoms with van der Waals surface area (Å²) < 4.78 is 0. The monoisotopic (exact) mass is 276 g/mol. The van der Waals surface area contributed by atoms with Crippen LogP contribution in [0.3, 0.4) is 0 Å². The molecule has 1 aliphatic carbocycles. The normalized spacial score (nSPS) is 20.6. The number of fused-ring (bicyclic) bond motifs is 1. The Balaban J connectivity index is 2.07. The van der Waals surface area contributed by atoms with Gasteiger partial charge in [-0.2, -0.15) is 0 Å². The first kappa shape index (κ1) is 14.9. The third kappa shape index (κ3) is 3.12. The van der Waals surface area contributed by atoms with Crippen LogP contribution in [0.2, 0.25) is 0 Å². The van der Waals surface area contributed by atoms with E-state index in [2.05, 4.69) is 24.4 Å². The van der Waals surface area contributed by atoms with Gasteiger partial charge in [0.2, 0.25) is 0 Å². The summed E-state index contributed by atoms with van der Waals surface area (Å²) in [7, 11) is 0. The van der Waals surface area contributed by atoms with E-state index in [1.807, 2.05) is 19.1 Å². The van der Waals surface area contributed by atoms with E-state index in [1.54, 1.807) is 4.90 Å². The number of hydrogen-bond donors (Lipinski definition) is 2. The summed E-state index contributed by atoms with van der Waals surface area (Å²) >= 11 is 0. The van der Waals surface area contributed by atoms with Gasteiger partial charge in [0.1, 0.15) is 0 Å². The van der Waals surface area contributed by atoms with Crippen molar-refractivity contribution in [3.8, 4) is 0 Å². The maximum absolute atomic E-state index is 12.3. The largest absolute Gasteiger partial charge is 0.395 e. The van der Waals surface area contributed by atoms with Crippen LogP contribution in [0.25, 0.3) is 0 Å². The molecular formula is C16H24N2O2. The van der Waals surface area contributed by atoms with Gasteiger partial charge in [0, 0.05) is 13.1 Å². The second-order valence-electron chi connectivity index (χ2n) is 5.52. The summed E-state index contributed by atoms with van der Waals surface area (Å²) in [6.45, 7) is 5.27. The summed E-state index contributed by atoms with van der Waals surface area (Å²) in [5.74, 6) is 0.411. The first-order valence-corrected chi connectivity index (χ1v) is 7.41. The van der Waals surface area contributed by atoms with Gasteiger partial charge in [-0.05, 0) is 29.9 Å². The number of carbonyl (C=O) groups is 1. The average molecular weight is 276 g/mol. The van der Waals surface area contributed by atoms with E-state index in [0.29, 0.717) is 19.0 Å². The van der Waals surface area contributed by atoms with Crippen molar-refractivity contribution in [1.29, 1.82) is 0 Å².